The van der Waals surface area contributed by atoms with E-state index in [-0.39, 0.29) is 36.4 Å². The minimum atomic E-state index is -2.05. The third kappa shape index (κ3) is 2.21. The van der Waals surface area contributed by atoms with Crippen molar-refractivity contribution < 1.29 is 30.0 Å². The van der Waals surface area contributed by atoms with Crippen LogP contribution in [0.5, 0.6) is 0 Å². The molecule has 0 aromatic rings. The molecular weight excluding hydrogens is 348 g/mol. The predicted octanol–water partition coefficient (Wildman–Crippen LogP) is 0.528. The fraction of sp³-hybridized carbons (Fsp3) is 0.714. The van der Waals surface area contributed by atoms with E-state index in [0.29, 0.717) is 0 Å². The molecule has 0 aromatic carbocycles. The number of aliphatic hydroxyl groups is 4. The Morgan fingerprint density at radius 1 is 1.30 bits per heavy atom. The molecule has 0 spiro atoms. The molecule has 8 atom stereocenters. The number of fused-ring (bicyclic) bond motifs is 5. The maximum atomic E-state index is 12.4. The number of rotatable bonds is 2. The first-order chi connectivity index (χ1) is 12.6. The van der Waals surface area contributed by atoms with Gasteiger partial charge in [-0.3, -0.25) is 9.59 Å². The van der Waals surface area contributed by atoms with E-state index in [9.17, 15) is 30.0 Å². The van der Waals surface area contributed by atoms with Gasteiger partial charge in [-0.1, -0.05) is 25.5 Å². The molecule has 4 rings (SSSR count). The zero-order valence-electron chi connectivity index (χ0n) is 15.8. The summed E-state index contributed by atoms with van der Waals surface area (Å²) in [5.74, 6) is -1.09. The van der Waals surface area contributed by atoms with Gasteiger partial charge in [0.05, 0.1) is 12.2 Å². The Kier molecular flexibility index (Phi) is 4.10. The van der Waals surface area contributed by atoms with Gasteiger partial charge in [-0.25, -0.2) is 0 Å². The first-order valence-corrected chi connectivity index (χ1v) is 9.76. The summed E-state index contributed by atoms with van der Waals surface area (Å²) in [6.45, 7) is 2.96. The lowest BCUT2D eigenvalue weighted by Crippen LogP contribution is -2.63. The van der Waals surface area contributed by atoms with Crippen LogP contribution in [0.2, 0.25) is 0 Å². The Morgan fingerprint density at radius 3 is 2.67 bits per heavy atom. The monoisotopic (exact) mass is 376 g/mol. The van der Waals surface area contributed by atoms with Crippen molar-refractivity contribution in [1.29, 1.82) is 0 Å². The molecule has 0 aliphatic heterocycles. The van der Waals surface area contributed by atoms with Crippen LogP contribution in [0.3, 0.4) is 0 Å². The zero-order valence-corrected chi connectivity index (χ0v) is 15.8. The standard InChI is InChI=1S/C21H28O6/c1-19-6-5-12(23)7-11(19)3-4-13-14-8-16(25)21(27,17(26)10-22)20(14,2)9-15(24)18(13)19/h5-7,13-16,18,22,24-25,27H,3-4,8-10H2,1-2H3/t13?,14?,15-,16+,18?,19-,20-,21-/m0/s1. The third-order valence-corrected chi connectivity index (χ3v) is 8.28. The fourth-order valence-corrected chi connectivity index (χ4v) is 6.96. The van der Waals surface area contributed by atoms with E-state index in [1.54, 1.807) is 19.1 Å². The van der Waals surface area contributed by atoms with Crippen LogP contribution in [0.4, 0.5) is 0 Å². The van der Waals surface area contributed by atoms with E-state index < -0.39 is 41.0 Å². The Morgan fingerprint density at radius 2 is 2.00 bits per heavy atom. The molecule has 3 saturated carbocycles. The van der Waals surface area contributed by atoms with Crippen LogP contribution >= 0.6 is 0 Å². The van der Waals surface area contributed by atoms with Gasteiger partial charge in [-0.2, -0.15) is 0 Å². The maximum Gasteiger partial charge on any atom is 0.192 e. The van der Waals surface area contributed by atoms with Crippen LogP contribution in [0, 0.1) is 28.6 Å². The summed E-state index contributed by atoms with van der Waals surface area (Å²) >= 11 is 0. The molecule has 6 nitrogen and oxygen atoms in total. The van der Waals surface area contributed by atoms with Crippen LogP contribution in [0.1, 0.15) is 39.5 Å². The quantitative estimate of drug-likeness (QED) is 0.559. The summed E-state index contributed by atoms with van der Waals surface area (Å²) in [6.07, 6.45) is 4.97. The first kappa shape index (κ1) is 19.0. The second-order valence-electron chi connectivity index (χ2n) is 9.31. The zero-order chi connectivity index (χ0) is 19.8. The van der Waals surface area contributed by atoms with Crippen LogP contribution in [0.15, 0.2) is 23.8 Å². The molecule has 3 unspecified atom stereocenters. The van der Waals surface area contributed by atoms with Crippen LogP contribution in [-0.4, -0.2) is 56.4 Å². The number of carbonyl (C=O) groups is 2. The second-order valence-corrected chi connectivity index (χ2v) is 9.31. The van der Waals surface area contributed by atoms with E-state index in [2.05, 4.69) is 0 Å². The summed E-state index contributed by atoms with van der Waals surface area (Å²) in [7, 11) is 0. The Labute approximate surface area is 158 Å². The second kappa shape index (κ2) is 5.83. The molecule has 0 radical (unpaired) electrons. The smallest absolute Gasteiger partial charge is 0.192 e. The number of Topliss-reactive ketones (excluding diaryl/α,β-unsaturated/α-hetero) is 1. The van der Waals surface area contributed by atoms with Crippen molar-refractivity contribution in [3.05, 3.63) is 23.8 Å². The van der Waals surface area contributed by atoms with Gasteiger partial charge in [-0.05, 0) is 49.7 Å². The summed E-state index contributed by atoms with van der Waals surface area (Å²) in [5, 5.41) is 42.3. The van der Waals surface area contributed by atoms with Gasteiger partial charge in [0.25, 0.3) is 0 Å². The minimum absolute atomic E-state index is 0.00826. The van der Waals surface area contributed by atoms with E-state index in [4.69, 9.17) is 0 Å². The molecule has 0 bridgehead atoms. The highest BCUT2D eigenvalue weighted by Crippen LogP contribution is 2.67. The number of ketones is 2. The lowest BCUT2D eigenvalue weighted by Gasteiger charge is -2.59. The molecule has 0 amide bonds. The van der Waals surface area contributed by atoms with Crippen molar-refractivity contribution in [2.75, 3.05) is 6.61 Å². The molecule has 4 aliphatic rings. The van der Waals surface area contributed by atoms with Crippen molar-refractivity contribution in [1.82, 2.24) is 0 Å². The van der Waals surface area contributed by atoms with Crippen LogP contribution in [0.25, 0.3) is 0 Å². The fourth-order valence-electron chi connectivity index (χ4n) is 6.96. The van der Waals surface area contributed by atoms with E-state index >= 15 is 0 Å². The normalized spacial score (nSPS) is 51.3. The van der Waals surface area contributed by atoms with Crippen molar-refractivity contribution in [3.63, 3.8) is 0 Å². The molecule has 4 aliphatic carbocycles. The minimum Gasteiger partial charge on any atom is -0.393 e. The average Bonchev–Trinajstić information content (AvgIpc) is 2.82. The van der Waals surface area contributed by atoms with Crippen LogP contribution < -0.4 is 0 Å². The van der Waals surface area contributed by atoms with Crippen molar-refractivity contribution >= 4 is 11.6 Å². The number of carbonyl (C=O) groups excluding carboxylic acids is 2. The lowest BCUT2D eigenvalue weighted by molar-refractivity contribution is -0.190. The molecular formula is C21H28O6. The summed E-state index contributed by atoms with van der Waals surface area (Å²) < 4.78 is 0. The average molecular weight is 376 g/mol. The molecule has 148 valence electrons. The SMILES string of the molecule is C[C@]12C=CC(=O)C=C1CCC1C2[C@@H](O)C[C@@]2(C)C1C[C@@H](O)[C@]2(O)C(=O)CO. The Hall–Kier alpha value is -1.34. The van der Waals surface area contributed by atoms with Gasteiger partial charge in [0, 0.05) is 16.7 Å². The Balaban J connectivity index is 1.78. The molecule has 3 fully saturated rings. The third-order valence-electron chi connectivity index (χ3n) is 8.28. The van der Waals surface area contributed by atoms with Gasteiger partial charge in [0.2, 0.25) is 0 Å². The molecule has 0 heterocycles. The van der Waals surface area contributed by atoms with Crippen molar-refractivity contribution in [3.8, 4) is 0 Å². The molecule has 4 N–H and O–H groups in total. The number of hydrogen-bond acceptors (Lipinski definition) is 6. The van der Waals surface area contributed by atoms with E-state index in [1.165, 1.54) is 0 Å². The van der Waals surface area contributed by atoms with Gasteiger partial charge in [-0.15, -0.1) is 0 Å². The first-order valence-electron chi connectivity index (χ1n) is 9.76. The number of allylic oxidation sites excluding steroid dienone is 4. The van der Waals surface area contributed by atoms with Gasteiger partial charge < -0.3 is 20.4 Å². The van der Waals surface area contributed by atoms with Crippen LogP contribution in [-0.2, 0) is 9.59 Å². The maximum absolute atomic E-state index is 12.4. The summed E-state index contributed by atoms with van der Waals surface area (Å²) in [5.41, 5.74) is -2.46. The highest BCUT2D eigenvalue weighted by atomic mass is 16.4. The van der Waals surface area contributed by atoms with Crippen molar-refractivity contribution in [2.24, 2.45) is 28.6 Å². The molecule has 0 aromatic heterocycles. The number of aliphatic hydroxyl groups excluding tert-OH is 3. The summed E-state index contributed by atoms with van der Waals surface area (Å²) in [6, 6.07) is 0. The summed E-state index contributed by atoms with van der Waals surface area (Å²) in [4.78, 5) is 24.2. The highest BCUT2D eigenvalue weighted by Gasteiger charge is 2.71. The predicted molar refractivity (Wildman–Crippen MR) is 96.4 cm³/mol. The highest BCUT2D eigenvalue weighted by molar-refractivity contribution is 6.01. The Bertz CT molecular complexity index is 756. The lowest BCUT2D eigenvalue weighted by atomic mass is 9.46. The molecule has 27 heavy (non-hydrogen) atoms. The van der Waals surface area contributed by atoms with Gasteiger partial charge in [0.15, 0.2) is 17.2 Å². The van der Waals surface area contributed by atoms with Gasteiger partial charge in [0.1, 0.15) is 6.61 Å². The van der Waals surface area contributed by atoms with Crippen molar-refractivity contribution in [2.45, 2.75) is 57.3 Å². The molecule has 6 heteroatoms. The topological polar surface area (TPSA) is 115 Å². The largest absolute Gasteiger partial charge is 0.393 e. The van der Waals surface area contributed by atoms with E-state index in [1.807, 2.05) is 13.0 Å². The number of hydrogen-bond donors (Lipinski definition) is 4. The molecule has 0 saturated heterocycles. The van der Waals surface area contributed by atoms with E-state index in [0.717, 1.165) is 18.4 Å². The van der Waals surface area contributed by atoms with Gasteiger partial charge >= 0.3 is 0 Å².